The second kappa shape index (κ2) is 5.53. The zero-order valence-corrected chi connectivity index (χ0v) is 12.3. The summed E-state index contributed by atoms with van der Waals surface area (Å²) in [5.41, 5.74) is -0.653. The first kappa shape index (κ1) is 16.3. The minimum atomic E-state index is -4.55. The molecule has 2 aromatic heterocycles. The van der Waals surface area contributed by atoms with Crippen LogP contribution >= 0.6 is 0 Å². The maximum Gasteiger partial charge on any atom is 0.410 e. The fourth-order valence-electron chi connectivity index (χ4n) is 2.67. The minimum absolute atomic E-state index is 0.159. The molecular formula is C14H11F5N4O. The summed E-state index contributed by atoms with van der Waals surface area (Å²) in [4.78, 5) is 16.5. The molecule has 1 aliphatic heterocycles. The van der Waals surface area contributed by atoms with E-state index in [0.717, 1.165) is 17.2 Å². The van der Waals surface area contributed by atoms with Gasteiger partial charge in [0, 0.05) is 18.8 Å². The molecule has 5 nitrogen and oxygen atoms in total. The highest BCUT2D eigenvalue weighted by Gasteiger charge is 2.46. The van der Waals surface area contributed by atoms with Crippen LogP contribution in [-0.4, -0.2) is 33.4 Å². The molecule has 128 valence electrons. The summed E-state index contributed by atoms with van der Waals surface area (Å²) in [6.45, 7) is 1.12. The average molecular weight is 346 g/mol. The third-order valence-electron chi connectivity index (χ3n) is 3.73. The molecule has 24 heavy (non-hydrogen) atoms. The zero-order valence-electron chi connectivity index (χ0n) is 12.3. The van der Waals surface area contributed by atoms with Crippen LogP contribution in [0.3, 0.4) is 0 Å². The van der Waals surface area contributed by atoms with Gasteiger partial charge in [0.05, 0.1) is 5.69 Å². The zero-order chi connectivity index (χ0) is 17.6. The number of anilines is 1. The van der Waals surface area contributed by atoms with E-state index in [4.69, 9.17) is 0 Å². The molecule has 10 heteroatoms. The highest BCUT2D eigenvalue weighted by Crippen LogP contribution is 2.40. The Morgan fingerprint density at radius 3 is 2.67 bits per heavy atom. The van der Waals surface area contributed by atoms with Crippen LogP contribution in [0.15, 0.2) is 18.3 Å². The van der Waals surface area contributed by atoms with Gasteiger partial charge in [0.2, 0.25) is 5.95 Å². The molecule has 0 aliphatic carbocycles. The smallest absolute Gasteiger partial charge is 0.293 e. The summed E-state index contributed by atoms with van der Waals surface area (Å²) in [7, 11) is 0. The van der Waals surface area contributed by atoms with Crippen molar-refractivity contribution in [1.29, 1.82) is 0 Å². The fraction of sp³-hybridized carbons (Fsp3) is 0.357. The predicted octanol–water partition coefficient (Wildman–Crippen LogP) is 3.02. The van der Waals surface area contributed by atoms with Gasteiger partial charge in [-0.1, -0.05) is 0 Å². The number of halogens is 5. The Morgan fingerprint density at radius 2 is 2.04 bits per heavy atom. The summed E-state index contributed by atoms with van der Waals surface area (Å²) >= 11 is 0. The van der Waals surface area contributed by atoms with Gasteiger partial charge in [-0.05, 0) is 19.4 Å². The van der Waals surface area contributed by atoms with Crippen molar-refractivity contribution in [1.82, 2.24) is 14.8 Å². The third kappa shape index (κ3) is 2.61. The Balaban J connectivity index is 2.05. The standard InChI is InChI=1S/C14H11F5N4O/c1-7-6-10-22(5-3-9(14(17,18)19)23(10)21-7)13(24)11-8(15)2-4-20-12(11)16/h2,4,6,9H,3,5H2,1H3. The molecular weight excluding hydrogens is 335 g/mol. The summed E-state index contributed by atoms with van der Waals surface area (Å²) in [5, 5.41) is 3.77. The molecule has 1 unspecified atom stereocenters. The van der Waals surface area contributed by atoms with Crippen molar-refractivity contribution in [3.8, 4) is 0 Å². The second-order valence-electron chi connectivity index (χ2n) is 5.35. The van der Waals surface area contributed by atoms with Crippen LogP contribution < -0.4 is 4.90 Å². The van der Waals surface area contributed by atoms with E-state index in [1.807, 2.05) is 0 Å². The Bertz CT molecular complexity index is 781. The van der Waals surface area contributed by atoms with Crippen LogP contribution in [0.5, 0.6) is 0 Å². The summed E-state index contributed by atoms with van der Waals surface area (Å²) in [6, 6.07) is 0.178. The van der Waals surface area contributed by atoms with Gasteiger partial charge in [-0.2, -0.15) is 22.7 Å². The molecule has 1 aliphatic rings. The van der Waals surface area contributed by atoms with Crippen molar-refractivity contribution >= 4 is 11.7 Å². The van der Waals surface area contributed by atoms with Crippen LogP contribution in [0.25, 0.3) is 0 Å². The summed E-state index contributed by atoms with van der Waals surface area (Å²) in [5.74, 6) is -3.71. The molecule has 0 fully saturated rings. The van der Waals surface area contributed by atoms with E-state index >= 15 is 0 Å². The topological polar surface area (TPSA) is 51.0 Å². The number of hydrogen-bond donors (Lipinski definition) is 0. The highest BCUT2D eigenvalue weighted by molar-refractivity contribution is 6.06. The van der Waals surface area contributed by atoms with E-state index in [9.17, 15) is 26.7 Å². The first-order valence-corrected chi connectivity index (χ1v) is 6.95. The van der Waals surface area contributed by atoms with E-state index in [1.165, 1.54) is 13.0 Å². The van der Waals surface area contributed by atoms with Gasteiger partial charge in [-0.15, -0.1) is 0 Å². The van der Waals surface area contributed by atoms with Crippen LogP contribution in [-0.2, 0) is 0 Å². The molecule has 0 saturated heterocycles. The molecule has 2 aromatic rings. The monoisotopic (exact) mass is 346 g/mol. The lowest BCUT2D eigenvalue weighted by Gasteiger charge is -2.33. The Hall–Kier alpha value is -2.52. The predicted molar refractivity (Wildman–Crippen MR) is 72.5 cm³/mol. The number of carbonyl (C=O) groups excluding carboxylic acids is 1. The maximum absolute atomic E-state index is 13.8. The Labute approximate surface area is 132 Å². The molecule has 0 spiro atoms. The maximum atomic E-state index is 13.8. The van der Waals surface area contributed by atoms with E-state index in [1.54, 1.807) is 0 Å². The molecule has 1 atom stereocenters. The normalized spacial score (nSPS) is 17.8. The molecule has 0 N–H and O–H groups in total. The van der Waals surface area contributed by atoms with Crippen LogP contribution in [0.2, 0.25) is 0 Å². The average Bonchev–Trinajstić information content (AvgIpc) is 2.85. The number of pyridine rings is 1. The van der Waals surface area contributed by atoms with Crippen molar-refractivity contribution < 1.29 is 26.7 Å². The van der Waals surface area contributed by atoms with Gasteiger partial charge < -0.3 is 0 Å². The lowest BCUT2D eigenvalue weighted by molar-refractivity contribution is -0.172. The minimum Gasteiger partial charge on any atom is -0.293 e. The summed E-state index contributed by atoms with van der Waals surface area (Å²) < 4.78 is 67.5. The number of aromatic nitrogens is 3. The highest BCUT2D eigenvalue weighted by atomic mass is 19.4. The molecule has 0 aromatic carbocycles. The van der Waals surface area contributed by atoms with E-state index < -0.39 is 41.9 Å². The number of aryl methyl sites for hydroxylation is 1. The Kier molecular flexibility index (Phi) is 3.77. The van der Waals surface area contributed by atoms with Gasteiger partial charge in [0.15, 0.2) is 6.04 Å². The van der Waals surface area contributed by atoms with Crippen molar-refractivity contribution in [3.05, 3.63) is 41.4 Å². The first-order valence-electron chi connectivity index (χ1n) is 6.95. The fourth-order valence-corrected chi connectivity index (χ4v) is 2.67. The quantitative estimate of drug-likeness (QED) is 0.589. The Morgan fingerprint density at radius 1 is 1.33 bits per heavy atom. The van der Waals surface area contributed by atoms with Gasteiger partial charge in [0.25, 0.3) is 5.91 Å². The van der Waals surface area contributed by atoms with E-state index in [0.29, 0.717) is 4.68 Å². The van der Waals surface area contributed by atoms with E-state index in [2.05, 4.69) is 10.1 Å². The molecule has 0 radical (unpaired) electrons. The second-order valence-corrected chi connectivity index (χ2v) is 5.35. The largest absolute Gasteiger partial charge is 0.410 e. The first-order chi connectivity index (χ1) is 11.2. The van der Waals surface area contributed by atoms with Gasteiger partial charge in [-0.3, -0.25) is 9.69 Å². The van der Waals surface area contributed by atoms with Gasteiger partial charge in [0.1, 0.15) is 17.2 Å². The van der Waals surface area contributed by atoms with Crippen molar-refractivity contribution in [2.24, 2.45) is 0 Å². The molecule has 3 heterocycles. The third-order valence-corrected chi connectivity index (χ3v) is 3.73. The van der Waals surface area contributed by atoms with E-state index in [-0.39, 0.29) is 18.1 Å². The number of fused-ring (bicyclic) bond motifs is 1. The number of amides is 1. The molecule has 3 rings (SSSR count). The van der Waals surface area contributed by atoms with Crippen LogP contribution in [0, 0.1) is 18.7 Å². The number of nitrogens with zero attached hydrogens (tertiary/aromatic N) is 4. The molecule has 0 bridgehead atoms. The SMILES string of the molecule is Cc1cc2n(n1)C(C(F)(F)F)CCN2C(=O)c1c(F)ccnc1F. The van der Waals surface area contributed by atoms with Crippen LogP contribution in [0.4, 0.5) is 27.8 Å². The van der Waals surface area contributed by atoms with Crippen molar-refractivity contribution in [3.63, 3.8) is 0 Å². The van der Waals surface area contributed by atoms with Crippen molar-refractivity contribution in [2.75, 3.05) is 11.4 Å². The van der Waals surface area contributed by atoms with Gasteiger partial charge in [-0.25, -0.2) is 14.1 Å². The van der Waals surface area contributed by atoms with Crippen LogP contribution in [0.1, 0.15) is 28.5 Å². The number of hydrogen-bond acceptors (Lipinski definition) is 3. The number of rotatable bonds is 1. The number of alkyl halides is 3. The summed E-state index contributed by atoms with van der Waals surface area (Å²) in [6.07, 6.45) is -4.16. The lowest BCUT2D eigenvalue weighted by Crippen LogP contribution is -2.43. The lowest BCUT2D eigenvalue weighted by atomic mass is 10.1. The van der Waals surface area contributed by atoms with Gasteiger partial charge >= 0.3 is 6.18 Å². The number of carbonyl (C=O) groups is 1. The molecule has 0 saturated carbocycles. The van der Waals surface area contributed by atoms with Crippen molar-refractivity contribution in [2.45, 2.75) is 25.6 Å². The molecule has 1 amide bonds.